The van der Waals surface area contributed by atoms with Crippen molar-refractivity contribution >= 4 is 17.7 Å². The smallest absolute Gasteiger partial charge is 0.254 e. The summed E-state index contributed by atoms with van der Waals surface area (Å²) in [5.41, 5.74) is 2.15. The molecule has 122 valence electrons. The lowest BCUT2D eigenvalue weighted by Gasteiger charge is -2.07. The minimum Gasteiger partial charge on any atom is -0.346 e. The molecule has 0 bridgehead atoms. The van der Waals surface area contributed by atoms with Crippen LogP contribution < -0.4 is 5.32 Å². The third kappa shape index (κ3) is 3.43. The lowest BCUT2D eigenvalue weighted by molar-refractivity contribution is 0.0949. The average Bonchev–Trinajstić information content (AvgIpc) is 3.00. The van der Waals surface area contributed by atoms with E-state index in [4.69, 9.17) is 0 Å². The Labute approximate surface area is 143 Å². The van der Waals surface area contributed by atoms with Crippen molar-refractivity contribution in [1.82, 2.24) is 29.8 Å². The lowest BCUT2D eigenvalue weighted by atomic mass is 10.2. The van der Waals surface area contributed by atoms with Crippen molar-refractivity contribution in [2.45, 2.75) is 11.7 Å². The van der Waals surface area contributed by atoms with Gasteiger partial charge in [0, 0.05) is 37.4 Å². The fraction of sp³-hybridized carbons (Fsp3) is 0.188. The van der Waals surface area contributed by atoms with E-state index >= 15 is 0 Å². The Kier molecular flexibility index (Phi) is 4.85. The first-order valence-corrected chi connectivity index (χ1v) is 8.46. The number of nitrogens with one attached hydrogen (secondary N) is 1. The Morgan fingerprint density at radius 2 is 2.00 bits per heavy atom. The fourth-order valence-corrected chi connectivity index (χ4v) is 2.69. The number of thioether (sulfide) groups is 1. The largest absolute Gasteiger partial charge is 0.346 e. The summed E-state index contributed by atoms with van der Waals surface area (Å²) in [6, 6.07) is 3.68. The summed E-state index contributed by atoms with van der Waals surface area (Å²) in [6.07, 6.45) is 10.1. The molecule has 0 aliphatic rings. The zero-order chi connectivity index (χ0) is 16.9. The molecule has 3 heterocycles. The molecule has 0 saturated heterocycles. The van der Waals surface area contributed by atoms with E-state index in [2.05, 4.69) is 25.3 Å². The van der Waals surface area contributed by atoms with Crippen molar-refractivity contribution < 1.29 is 4.79 Å². The van der Waals surface area contributed by atoms with Crippen LogP contribution in [0.2, 0.25) is 0 Å². The zero-order valence-electron chi connectivity index (χ0n) is 13.3. The number of pyridine rings is 1. The van der Waals surface area contributed by atoms with Crippen LogP contribution in [-0.2, 0) is 13.6 Å². The summed E-state index contributed by atoms with van der Waals surface area (Å²) < 4.78 is 1.95. The van der Waals surface area contributed by atoms with Crippen LogP contribution >= 0.6 is 11.8 Å². The van der Waals surface area contributed by atoms with Crippen molar-refractivity contribution in [3.05, 3.63) is 54.4 Å². The van der Waals surface area contributed by atoms with Gasteiger partial charge in [-0.3, -0.25) is 9.78 Å². The van der Waals surface area contributed by atoms with Gasteiger partial charge in [0.25, 0.3) is 5.91 Å². The number of carbonyl (C=O) groups is 1. The van der Waals surface area contributed by atoms with E-state index in [1.54, 1.807) is 30.4 Å². The number of hydrogen-bond acceptors (Lipinski definition) is 6. The molecule has 0 aliphatic heterocycles. The first-order valence-electron chi connectivity index (χ1n) is 7.24. The van der Waals surface area contributed by atoms with Crippen LogP contribution in [0, 0.1) is 0 Å². The van der Waals surface area contributed by atoms with Crippen molar-refractivity contribution in [3.63, 3.8) is 0 Å². The van der Waals surface area contributed by atoms with Crippen molar-refractivity contribution in [2.24, 2.45) is 7.05 Å². The summed E-state index contributed by atoms with van der Waals surface area (Å²) in [7, 11) is 1.92. The Bertz CT molecular complexity index is 832. The second-order valence-electron chi connectivity index (χ2n) is 5.01. The van der Waals surface area contributed by atoms with E-state index in [0.717, 1.165) is 16.4 Å². The number of aromatic nitrogens is 5. The highest BCUT2D eigenvalue weighted by atomic mass is 32.2. The highest BCUT2D eigenvalue weighted by Crippen LogP contribution is 2.14. The monoisotopic (exact) mass is 340 g/mol. The normalized spacial score (nSPS) is 10.6. The first kappa shape index (κ1) is 16.1. The summed E-state index contributed by atoms with van der Waals surface area (Å²) in [6.45, 7) is 0.396. The van der Waals surface area contributed by atoms with Gasteiger partial charge in [-0.1, -0.05) is 11.8 Å². The highest BCUT2D eigenvalue weighted by Gasteiger charge is 2.10. The van der Waals surface area contributed by atoms with Gasteiger partial charge in [-0.25, -0.2) is 15.0 Å². The summed E-state index contributed by atoms with van der Waals surface area (Å²) in [5, 5.41) is 3.76. The zero-order valence-corrected chi connectivity index (χ0v) is 14.1. The molecule has 24 heavy (non-hydrogen) atoms. The quantitative estimate of drug-likeness (QED) is 0.714. The van der Waals surface area contributed by atoms with E-state index < -0.39 is 0 Å². The predicted molar refractivity (Wildman–Crippen MR) is 91.4 cm³/mol. The molecule has 3 aromatic heterocycles. The second kappa shape index (κ2) is 7.22. The van der Waals surface area contributed by atoms with Crippen LogP contribution in [0.3, 0.4) is 0 Å². The molecule has 0 aromatic carbocycles. The Morgan fingerprint density at radius 3 is 2.62 bits per heavy atom. The molecular weight excluding hydrogens is 324 g/mol. The van der Waals surface area contributed by atoms with Gasteiger partial charge >= 0.3 is 0 Å². The molecule has 0 radical (unpaired) electrons. The number of imidazole rings is 1. The summed E-state index contributed by atoms with van der Waals surface area (Å²) in [5.74, 6) is 0.315. The molecule has 0 saturated carbocycles. The van der Waals surface area contributed by atoms with Crippen molar-refractivity contribution in [2.75, 3.05) is 6.26 Å². The van der Waals surface area contributed by atoms with E-state index in [1.807, 2.05) is 30.0 Å². The van der Waals surface area contributed by atoms with Crippen molar-refractivity contribution in [1.29, 1.82) is 0 Å². The third-order valence-corrected chi connectivity index (χ3v) is 4.23. The summed E-state index contributed by atoms with van der Waals surface area (Å²) in [4.78, 5) is 29.0. The fourth-order valence-electron chi connectivity index (χ4n) is 2.14. The third-order valence-electron chi connectivity index (χ3n) is 3.49. The van der Waals surface area contributed by atoms with E-state index in [9.17, 15) is 4.79 Å². The SMILES string of the molecule is CSc1ncc(CNC(=O)c2cnc(-c3cccnc3)nc2)n1C. The molecule has 1 amide bonds. The van der Waals surface area contributed by atoms with Crippen LogP contribution in [0.1, 0.15) is 16.1 Å². The maximum absolute atomic E-state index is 12.2. The van der Waals surface area contributed by atoms with Crippen LogP contribution in [0.25, 0.3) is 11.4 Å². The van der Waals surface area contributed by atoms with Gasteiger partial charge in [0.05, 0.1) is 24.0 Å². The Hall–Kier alpha value is -2.74. The Balaban J connectivity index is 1.66. The molecular formula is C16H16N6OS. The molecule has 0 atom stereocenters. The minimum atomic E-state index is -0.223. The van der Waals surface area contributed by atoms with Gasteiger partial charge in [0.1, 0.15) is 0 Å². The van der Waals surface area contributed by atoms with E-state index in [-0.39, 0.29) is 5.91 Å². The van der Waals surface area contributed by atoms with E-state index in [1.165, 1.54) is 12.4 Å². The molecule has 7 nitrogen and oxygen atoms in total. The van der Waals surface area contributed by atoms with Gasteiger partial charge in [-0.15, -0.1) is 0 Å². The maximum atomic E-state index is 12.2. The predicted octanol–water partition coefficient (Wildman–Crippen LogP) is 1.92. The molecule has 8 heteroatoms. The van der Waals surface area contributed by atoms with Gasteiger partial charge in [0.2, 0.25) is 0 Å². The number of nitrogens with zero attached hydrogens (tertiary/aromatic N) is 5. The molecule has 0 spiro atoms. The van der Waals surface area contributed by atoms with E-state index in [0.29, 0.717) is 17.9 Å². The highest BCUT2D eigenvalue weighted by molar-refractivity contribution is 7.98. The molecule has 0 unspecified atom stereocenters. The van der Waals surface area contributed by atoms with Crippen molar-refractivity contribution in [3.8, 4) is 11.4 Å². The van der Waals surface area contributed by atoms with Crippen LogP contribution in [-0.4, -0.2) is 36.7 Å². The second-order valence-corrected chi connectivity index (χ2v) is 5.79. The van der Waals surface area contributed by atoms with Gasteiger partial charge < -0.3 is 9.88 Å². The van der Waals surface area contributed by atoms with Crippen LogP contribution in [0.5, 0.6) is 0 Å². The topological polar surface area (TPSA) is 85.6 Å². The Morgan fingerprint density at radius 1 is 1.21 bits per heavy atom. The number of rotatable bonds is 5. The molecule has 1 N–H and O–H groups in total. The van der Waals surface area contributed by atoms with Gasteiger partial charge in [-0.05, 0) is 18.4 Å². The van der Waals surface area contributed by atoms with Crippen LogP contribution in [0.4, 0.5) is 0 Å². The number of carbonyl (C=O) groups excluding carboxylic acids is 1. The van der Waals surface area contributed by atoms with Gasteiger partial charge in [-0.2, -0.15) is 0 Å². The number of amides is 1. The number of hydrogen-bond donors (Lipinski definition) is 1. The first-order chi connectivity index (χ1) is 11.7. The minimum absolute atomic E-state index is 0.223. The maximum Gasteiger partial charge on any atom is 0.254 e. The molecule has 3 aromatic rings. The molecule has 0 fully saturated rings. The van der Waals surface area contributed by atoms with Gasteiger partial charge in [0.15, 0.2) is 11.0 Å². The summed E-state index contributed by atoms with van der Waals surface area (Å²) >= 11 is 1.56. The molecule has 3 rings (SSSR count). The van der Waals surface area contributed by atoms with Crippen LogP contribution in [0.15, 0.2) is 48.3 Å². The lowest BCUT2D eigenvalue weighted by Crippen LogP contribution is -2.24. The standard InChI is InChI=1S/C16H16N6OS/c1-22-13(10-21-16(22)24-2)9-20-15(23)12-7-18-14(19-8-12)11-4-3-5-17-6-11/h3-8,10H,9H2,1-2H3,(H,20,23). The average molecular weight is 340 g/mol. The molecule has 0 aliphatic carbocycles.